The summed E-state index contributed by atoms with van der Waals surface area (Å²) in [7, 11) is -3.97. The number of carbonyl (C=O) groups is 1. The highest BCUT2D eigenvalue weighted by atomic mass is 35.5. The maximum atomic E-state index is 13.0. The van der Waals surface area contributed by atoms with Crippen molar-refractivity contribution in [3.63, 3.8) is 0 Å². The van der Waals surface area contributed by atoms with E-state index in [2.05, 4.69) is 4.40 Å². The molecule has 1 aliphatic rings. The third-order valence-corrected chi connectivity index (χ3v) is 7.11. The number of fused-ring (bicyclic) bond motifs is 1. The van der Waals surface area contributed by atoms with Gasteiger partial charge in [-0.3, -0.25) is 4.79 Å². The normalized spacial score (nSPS) is 15.1. The smallest absolute Gasteiger partial charge is 0.282 e. The molecule has 0 atom stereocenters. The summed E-state index contributed by atoms with van der Waals surface area (Å²) < 4.78 is 29.8. The predicted octanol–water partition coefficient (Wildman–Crippen LogP) is 5.70. The number of carbonyl (C=O) groups excluding carboxylic acids is 1. The van der Waals surface area contributed by atoms with Crippen LogP contribution in [0.5, 0.6) is 0 Å². The minimum absolute atomic E-state index is 0.0370. The molecule has 3 aromatic rings. The molecule has 0 saturated heterocycles. The third-order valence-electron chi connectivity index (χ3n) is 4.52. The highest BCUT2D eigenvalue weighted by Crippen LogP contribution is 2.34. The van der Waals surface area contributed by atoms with Gasteiger partial charge >= 0.3 is 0 Å². The van der Waals surface area contributed by atoms with Crippen molar-refractivity contribution < 1.29 is 13.2 Å². The van der Waals surface area contributed by atoms with E-state index in [1.165, 1.54) is 36.0 Å². The average Bonchev–Trinajstić information content (AvgIpc) is 2.73. The van der Waals surface area contributed by atoms with Gasteiger partial charge in [0.05, 0.1) is 15.5 Å². The van der Waals surface area contributed by atoms with E-state index in [-0.39, 0.29) is 16.4 Å². The molecule has 7 heteroatoms. The minimum atomic E-state index is -3.97. The zero-order valence-corrected chi connectivity index (χ0v) is 18.3. The molecule has 0 heterocycles. The Hall–Kier alpha value is -2.67. The Morgan fingerprint density at radius 3 is 2.17 bits per heavy atom. The highest BCUT2D eigenvalue weighted by molar-refractivity contribution is 8.04. The largest absolute Gasteiger partial charge is 0.288 e. The zero-order valence-electron chi connectivity index (χ0n) is 15.9. The fourth-order valence-corrected chi connectivity index (χ4v) is 5.00. The standard InChI is InChI=1S/C23H16ClNO3S2/c1-15-6-10-17(11-7-15)29-22-14-21(19-4-2-3-5-20(19)23(22)26)25-30(27,28)18-12-8-16(24)9-13-18/h2-14H,1H3/b25-21-. The van der Waals surface area contributed by atoms with Gasteiger partial charge in [0.25, 0.3) is 10.0 Å². The van der Waals surface area contributed by atoms with Gasteiger partial charge in [0, 0.05) is 21.0 Å². The van der Waals surface area contributed by atoms with E-state index in [4.69, 9.17) is 11.6 Å². The van der Waals surface area contributed by atoms with Gasteiger partial charge in [0.1, 0.15) is 0 Å². The molecular formula is C23H16ClNO3S2. The Labute approximate surface area is 184 Å². The van der Waals surface area contributed by atoms with Crippen LogP contribution in [0.4, 0.5) is 0 Å². The van der Waals surface area contributed by atoms with Crippen LogP contribution in [-0.2, 0) is 10.0 Å². The summed E-state index contributed by atoms with van der Waals surface area (Å²) in [5.74, 6) is -0.154. The zero-order chi connectivity index (χ0) is 21.3. The number of allylic oxidation sites excluding steroid dienone is 2. The van der Waals surface area contributed by atoms with Crippen molar-refractivity contribution in [2.45, 2.75) is 16.7 Å². The molecule has 0 radical (unpaired) electrons. The number of nitrogens with zero attached hydrogens (tertiary/aromatic N) is 1. The Kier molecular flexibility index (Phi) is 5.64. The van der Waals surface area contributed by atoms with Gasteiger partial charge in [-0.2, -0.15) is 12.8 Å². The number of halogens is 1. The van der Waals surface area contributed by atoms with Crippen LogP contribution in [0.15, 0.2) is 98.0 Å². The third kappa shape index (κ3) is 4.26. The second kappa shape index (κ2) is 8.22. The Morgan fingerprint density at radius 2 is 1.50 bits per heavy atom. The van der Waals surface area contributed by atoms with Crippen molar-refractivity contribution in [2.75, 3.05) is 0 Å². The van der Waals surface area contributed by atoms with Gasteiger partial charge in [0.2, 0.25) is 0 Å². The molecule has 30 heavy (non-hydrogen) atoms. The van der Waals surface area contributed by atoms with E-state index in [1.807, 2.05) is 31.2 Å². The first-order chi connectivity index (χ1) is 14.3. The molecule has 0 aliphatic heterocycles. The van der Waals surface area contributed by atoms with E-state index in [0.717, 1.165) is 10.5 Å². The topological polar surface area (TPSA) is 63.6 Å². The quantitative estimate of drug-likeness (QED) is 0.508. The fourth-order valence-electron chi connectivity index (χ4n) is 2.98. The fraction of sp³-hybridized carbons (Fsp3) is 0.0435. The van der Waals surface area contributed by atoms with Gasteiger partial charge in [-0.25, -0.2) is 0 Å². The van der Waals surface area contributed by atoms with Crippen LogP contribution in [0.25, 0.3) is 0 Å². The second-order valence-electron chi connectivity index (χ2n) is 6.70. The molecule has 1 aliphatic carbocycles. The van der Waals surface area contributed by atoms with Gasteiger partial charge in [0.15, 0.2) is 5.78 Å². The number of rotatable bonds is 4. The van der Waals surface area contributed by atoms with Gasteiger partial charge in [-0.15, -0.1) is 0 Å². The Morgan fingerprint density at radius 1 is 0.867 bits per heavy atom. The summed E-state index contributed by atoms with van der Waals surface area (Å²) in [6.45, 7) is 1.99. The monoisotopic (exact) mass is 453 g/mol. The average molecular weight is 454 g/mol. The molecule has 0 fully saturated rings. The number of benzene rings is 3. The number of ketones is 1. The maximum Gasteiger partial charge on any atom is 0.282 e. The number of thioether (sulfide) groups is 1. The van der Waals surface area contributed by atoms with Gasteiger partial charge in [-0.05, 0) is 49.4 Å². The van der Waals surface area contributed by atoms with E-state index >= 15 is 0 Å². The predicted molar refractivity (Wildman–Crippen MR) is 121 cm³/mol. The second-order valence-corrected chi connectivity index (χ2v) is 9.86. The van der Waals surface area contributed by atoms with Crippen LogP contribution in [0.1, 0.15) is 21.5 Å². The van der Waals surface area contributed by atoms with Gasteiger partial charge in [-0.1, -0.05) is 65.3 Å². The van der Waals surface area contributed by atoms with Crippen LogP contribution in [-0.4, -0.2) is 19.9 Å². The van der Waals surface area contributed by atoms with Crippen molar-refractivity contribution in [3.05, 3.63) is 105 Å². The SMILES string of the molecule is Cc1ccc(SC2=C/C(=N/S(=O)(=O)c3ccc(Cl)cc3)c3ccccc3C2=O)cc1. The molecular weight excluding hydrogens is 438 g/mol. The van der Waals surface area contributed by atoms with Crippen LogP contribution in [0.2, 0.25) is 5.02 Å². The molecule has 3 aromatic carbocycles. The first-order valence-corrected chi connectivity index (χ1v) is 11.7. The summed E-state index contributed by atoms with van der Waals surface area (Å²) in [4.78, 5) is 14.3. The highest BCUT2D eigenvalue weighted by Gasteiger charge is 2.26. The molecule has 4 nitrogen and oxygen atoms in total. The van der Waals surface area contributed by atoms with Crippen molar-refractivity contribution in [3.8, 4) is 0 Å². The van der Waals surface area contributed by atoms with E-state index in [1.54, 1.807) is 30.3 Å². The summed E-state index contributed by atoms with van der Waals surface area (Å²) in [6.07, 6.45) is 1.54. The molecule has 150 valence electrons. The number of hydrogen-bond donors (Lipinski definition) is 0. The van der Waals surface area contributed by atoms with E-state index in [0.29, 0.717) is 21.1 Å². The van der Waals surface area contributed by atoms with E-state index < -0.39 is 10.0 Å². The lowest BCUT2D eigenvalue weighted by molar-refractivity contribution is 0.104. The summed E-state index contributed by atoms with van der Waals surface area (Å²) >= 11 is 7.15. The van der Waals surface area contributed by atoms with Crippen LogP contribution in [0, 0.1) is 6.92 Å². The lowest BCUT2D eigenvalue weighted by atomic mass is 9.94. The van der Waals surface area contributed by atoms with Crippen LogP contribution in [0.3, 0.4) is 0 Å². The lowest BCUT2D eigenvalue weighted by Gasteiger charge is -2.17. The first kappa shape index (κ1) is 20.6. The van der Waals surface area contributed by atoms with Crippen molar-refractivity contribution in [1.82, 2.24) is 0 Å². The first-order valence-electron chi connectivity index (χ1n) is 9.04. The summed E-state index contributed by atoms with van der Waals surface area (Å²) in [6, 6.07) is 20.5. The number of Topliss-reactive ketones (excluding diaryl/α,β-unsaturated/α-hetero) is 1. The number of aryl methyl sites for hydroxylation is 1. The molecule has 0 aromatic heterocycles. The number of hydrogen-bond acceptors (Lipinski definition) is 4. The van der Waals surface area contributed by atoms with Crippen LogP contribution >= 0.6 is 23.4 Å². The summed E-state index contributed by atoms with van der Waals surface area (Å²) in [5.41, 5.74) is 2.27. The molecule has 0 saturated carbocycles. The Balaban J connectivity index is 1.80. The Bertz CT molecular complexity index is 1290. The van der Waals surface area contributed by atoms with Crippen molar-refractivity contribution in [1.29, 1.82) is 0 Å². The maximum absolute atomic E-state index is 13.0. The molecule has 0 spiro atoms. The lowest BCUT2D eigenvalue weighted by Crippen LogP contribution is -2.17. The van der Waals surface area contributed by atoms with Gasteiger partial charge < -0.3 is 0 Å². The van der Waals surface area contributed by atoms with Crippen LogP contribution < -0.4 is 0 Å². The number of sulfonamides is 1. The minimum Gasteiger partial charge on any atom is -0.288 e. The molecule has 0 amide bonds. The molecule has 0 unspecified atom stereocenters. The van der Waals surface area contributed by atoms with E-state index in [9.17, 15) is 13.2 Å². The molecule has 4 rings (SSSR count). The van der Waals surface area contributed by atoms with Crippen molar-refractivity contribution in [2.24, 2.45) is 4.40 Å². The van der Waals surface area contributed by atoms with Crippen molar-refractivity contribution >= 4 is 44.9 Å². The summed E-state index contributed by atoms with van der Waals surface area (Å²) in [5, 5.41) is 0.437. The molecule has 0 N–H and O–H groups in total. The molecule has 0 bridgehead atoms.